The highest BCUT2D eigenvalue weighted by atomic mass is 19.1. The number of amides is 1. The molecule has 0 saturated heterocycles. The van der Waals surface area contributed by atoms with Crippen LogP contribution in [0, 0.1) is 25.6 Å². The number of carbonyl (C=O) groups is 2. The zero-order chi connectivity index (χ0) is 19.0. The molecule has 2 aromatic rings. The number of rotatable bonds is 6. The molecule has 3 rings (SSSR count). The van der Waals surface area contributed by atoms with Crippen LogP contribution in [0.15, 0.2) is 24.3 Å². The fourth-order valence-electron chi connectivity index (χ4n) is 3.01. The summed E-state index contributed by atoms with van der Waals surface area (Å²) in [6, 6.07) is 6.20. The quantitative estimate of drug-likeness (QED) is 0.860. The van der Waals surface area contributed by atoms with Crippen molar-refractivity contribution in [2.45, 2.75) is 39.7 Å². The summed E-state index contributed by atoms with van der Waals surface area (Å²) in [6.07, 6.45) is 1.70. The number of carboxylic acid groups (broad SMARTS) is 1. The molecule has 1 unspecified atom stereocenters. The van der Waals surface area contributed by atoms with E-state index in [2.05, 4.69) is 5.10 Å². The molecule has 7 heteroatoms. The van der Waals surface area contributed by atoms with E-state index >= 15 is 0 Å². The van der Waals surface area contributed by atoms with Crippen LogP contribution in [0.2, 0.25) is 0 Å². The molecule has 138 valence electrons. The Labute approximate surface area is 151 Å². The molecule has 0 radical (unpaired) electrons. The van der Waals surface area contributed by atoms with Crippen LogP contribution >= 0.6 is 0 Å². The maximum absolute atomic E-state index is 14.6. The molecule has 1 aliphatic rings. The van der Waals surface area contributed by atoms with Crippen LogP contribution in [0.3, 0.4) is 0 Å². The Hall–Kier alpha value is -2.70. The molecule has 1 heterocycles. The van der Waals surface area contributed by atoms with Gasteiger partial charge >= 0.3 is 5.97 Å². The van der Waals surface area contributed by atoms with Crippen LogP contribution < -0.4 is 0 Å². The lowest BCUT2D eigenvalue weighted by molar-refractivity contribution is -0.141. The second kappa shape index (κ2) is 6.90. The molecule has 1 amide bonds. The fraction of sp³-hybridized carbons (Fsp3) is 0.421. The Kier molecular flexibility index (Phi) is 4.80. The van der Waals surface area contributed by atoms with E-state index in [4.69, 9.17) is 5.11 Å². The van der Waals surface area contributed by atoms with E-state index in [0.717, 1.165) is 24.2 Å². The second-order valence-corrected chi connectivity index (χ2v) is 6.93. The van der Waals surface area contributed by atoms with E-state index in [1.54, 1.807) is 17.9 Å². The van der Waals surface area contributed by atoms with E-state index in [1.165, 1.54) is 16.8 Å². The number of carbonyl (C=O) groups excluding carboxylic acids is 1. The summed E-state index contributed by atoms with van der Waals surface area (Å²) in [6.45, 7) is 5.36. The molecule has 1 aromatic carbocycles. The Morgan fingerprint density at radius 3 is 2.54 bits per heavy atom. The number of hydrogen-bond donors (Lipinski definition) is 1. The lowest BCUT2D eigenvalue weighted by Gasteiger charge is -2.24. The number of halogens is 1. The van der Waals surface area contributed by atoms with Gasteiger partial charge < -0.3 is 10.0 Å². The smallest absolute Gasteiger partial charge is 0.308 e. The Balaban J connectivity index is 1.86. The van der Waals surface area contributed by atoms with Gasteiger partial charge in [-0.15, -0.1) is 0 Å². The monoisotopic (exact) mass is 359 g/mol. The van der Waals surface area contributed by atoms with Crippen molar-refractivity contribution in [3.05, 3.63) is 47.0 Å². The largest absolute Gasteiger partial charge is 0.481 e. The van der Waals surface area contributed by atoms with E-state index < -0.39 is 17.7 Å². The Morgan fingerprint density at radius 1 is 1.35 bits per heavy atom. The van der Waals surface area contributed by atoms with Crippen molar-refractivity contribution in [1.29, 1.82) is 0 Å². The molecular formula is C19H22FN3O3. The predicted octanol–water partition coefficient (Wildman–Crippen LogP) is 2.95. The number of aryl methyl sites for hydroxylation is 2. The van der Waals surface area contributed by atoms with Gasteiger partial charge in [-0.2, -0.15) is 5.10 Å². The van der Waals surface area contributed by atoms with Crippen molar-refractivity contribution in [2.75, 3.05) is 6.54 Å². The molecule has 0 bridgehead atoms. The number of aromatic nitrogens is 2. The maximum Gasteiger partial charge on any atom is 0.308 e. The van der Waals surface area contributed by atoms with Crippen LogP contribution in [-0.4, -0.2) is 44.3 Å². The van der Waals surface area contributed by atoms with E-state index in [0.29, 0.717) is 0 Å². The topological polar surface area (TPSA) is 75.4 Å². The summed E-state index contributed by atoms with van der Waals surface area (Å²) < 4.78 is 16.1. The number of hydrogen-bond acceptors (Lipinski definition) is 3. The van der Waals surface area contributed by atoms with Gasteiger partial charge in [0.05, 0.1) is 11.6 Å². The first-order valence-electron chi connectivity index (χ1n) is 8.65. The second-order valence-electron chi connectivity index (χ2n) is 6.93. The highest BCUT2D eigenvalue weighted by Crippen LogP contribution is 2.29. The lowest BCUT2D eigenvalue weighted by Crippen LogP contribution is -2.38. The van der Waals surface area contributed by atoms with E-state index in [1.807, 2.05) is 19.9 Å². The zero-order valence-corrected chi connectivity index (χ0v) is 15.1. The highest BCUT2D eigenvalue weighted by Gasteiger charge is 2.35. The first-order valence-corrected chi connectivity index (χ1v) is 8.65. The van der Waals surface area contributed by atoms with Crippen LogP contribution in [-0.2, 0) is 4.79 Å². The SMILES string of the molecule is Cc1cc(C)n(-c2ccc(C(=O)N(CC(C)C(=O)O)C3CC3)cc2F)n1. The third-order valence-corrected chi connectivity index (χ3v) is 4.57. The summed E-state index contributed by atoms with van der Waals surface area (Å²) in [5.41, 5.74) is 2.08. The number of nitrogens with zero attached hydrogens (tertiary/aromatic N) is 3. The molecule has 0 aliphatic heterocycles. The lowest BCUT2D eigenvalue weighted by atomic mass is 10.1. The van der Waals surface area contributed by atoms with Crippen LogP contribution in [0.5, 0.6) is 0 Å². The van der Waals surface area contributed by atoms with Crippen molar-refractivity contribution >= 4 is 11.9 Å². The third kappa shape index (κ3) is 3.61. The van der Waals surface area contributed by atoms with Gasteiger partial charge in [-0.25, -0.2) is 9.07 Å². The number of carboxylic acids is 1. The number of benzene rings is 1. The average Bonchev–Trinajstić information content (AvgIpc) is 3.36. The van der Waals surface area contributed by atoms with Crippen LogP contribution in [0.1, 0.15) is 41.5 Å². The standard InChI is InChI=1S/C19H22FN3O3/c1-11(19(25)26)10-22(15-5-6-15)18(24)14-4-7-17(16(20)9-14)23-13(3)8-12(2)21-23/h4,7-9,11,15H,5-6,10H2,1-3H3,(H,25,26). The van der Waals surface area contributed by atoms with Crippen LogP contribution in [0.25, 0.3) is 5.69 Å². The molecule has 1 fully saturated rings. The minimum Gasteiger partial charge on any atom is -0.481 e. The van der Waals surface area contributed by atoms with Gasteiger partial charge in [-0.3, -0.25) is 9.59 Å². The third-order valence-electron chi connectivity index (χ3n) is 4.57. The van der Waals surface area contributed by atoms with Gasteiger partial charge in [0, 0.05) is 23.8 Å². The summed E-state index contributed by atoms with van der Waals surface area (Å²) >= 11 is 0. The minimum atomic E-state index is -0.950. The Morgan fingerprint density at radius 2 is 2.04 bits per heavy atom. The zero-order valence-electron chi connectivity index (χ0n) is 15.1. The van der Waals surface area contributed by atoms with Crippen molar-refractivity contribution < 1.29 is 19.1 Å². The predicted molar refractivity (Wildman–Crippen MR) is 93.9 cm³/mol. The fourth-order valence-corrected chi connectivity index (χ4v) is 3.01. The van der Waals surface area contributed by atoms with Crippen LogP contribution in [0.4, 0.5) is 4.39 Å². The van der Waals surface area contributed by atoms with Crippen molar-refractivity contribution in [3.8, 4) is 5.69 Å². The molecule has 1 atom stereocenters. The molecule has 26 heavy (non-hydrogen) atoms. The van der Waals surface area contributed by atoms with Gasteiger partial charge in [0.15, 0.2) is 0 Å². The summed E-state index contributed by atoms with van der Waals surface area (Å²) in [4.78, 5) is 25.5. The average molecular weight is 359 g/mol. The summed E-state index contributed by atoms with van der Waals surface area (Å²) in [5.74, 6) is -2.49. The molecule has 0 spiro atoms. The number of aliphatic carboxylic acids is 1. The van der Waals surface area contributed by atoms with Gasteiger partial charge in [0.25, 0.3) is 5.91 Å². The minimum absolute atomic E-state index is 0.0445. The summed E-state index contributed by atoms with van der Waals surface area (Å²) in [7, 11) is 0. The normalized spacial score (nSPS) is 14.9. The molecule has 6 nitrogen and oxygen atoms in total. The molecule has 1 saturated carbocycles. The first-order chi connectivity index (χ1) is 12.3. The molecule has 1 aromatic heterocycles. The summed E-state index contributed by atoms with van der Waals surface area (Å²) in [5, 5.41) is 13.4. The molecule has 1 aliphatic carbocycles. The van der Waals surface area contributed by atoms with Gasteiger partial charge in [0.2, 0.25) is 0 Å². The van der Waals surface area contributed by atoms with Crippen molar-refractivity contribution in [1.82, 2.24) is 14.7 Å². The van der Waals surface area contributed by atoms with Gasteiger partial charge in [-0.05, 0) is 51.0 Å². The van der Waals surface area contributed by atoms with E-state index in [9.17, 15) is 14.0 Å². The van der Waals surface area contributed by atoms with Gasteiger partial charge in [-0.1, -0.05) is 6.92 Å². The first kappa shape index (κ1) is 18.1. The van der Waals surface area contributed by atoms with Crippen molar-refractivity contribution in [3.63, 3.8) is 0 Å². The molecular weight excluding hydrogens is 337 g/mol. The molecule has 1 N–H and O–H groups in total. The van der Waals surface area contributed by atoms with Gasteiger partial charge in [0.1, 0.15) is 11.5 Å². The Bertz CT molecular complexity index is 858. The van der Waals surface area contributed by atoms with E-state index in [-0.39, 0.29) is 29.7 Å². The highest BCUT2D eigenvalue weighted by molar-refractivity contribution is 5.95. The van der Waals surface area contributed by atoms with Crippen molar-refractivity contribution in [2.24, 2.45) is 5.92 Å². The maximum atomic E-state index is 14.6.